The molecule has 0 aliphatic carbocycles. The Morgan fingerprint density at radius 2 is 1.89 bits per heavy atom. The fourth-order valence-electron chi connectivity index (χ4n) is 2.99. The van der Waals surface area contributed by atoms with Gasteiger partial charge in [-0.2, -0.15) is 4.98 Å². The lowest BCUT2D eigenvalue weighted by molar-refractivity contribution is 0.0240. The Bertz CT molecular complexity index is 819. The molecular weight excluding hydrogens is 362 g/mol. The molecule has 0 spiro atoms. The van der Waals surface area contributed by atoms with Gasteiger partial charge in [0.25, 0.3) is 0 Å². The van der Waals surface area contributed by atoms with Crippen molar-refractivity contribution in [1.29, 1.82) is 0 Å². The number of nitrogens with zero attached hydrogens (tertiary/aromatic N) is 5. The Morgan fingerprint density at radius 1 is 1.22 bits per heavy atom. The highest BCUT2D eigenvalue weighted by Crippen LogP contribution is 2.33. The maximum atomic E-state index is 12.3. The molecule has 0 radical (unpaired) electrons. The maximum absolute atomic E-state index is 12.3. The summed E-state index contributed by atoms with van der Waals surface area (Å²) in [6.07, 6.45) is 0.747. The predicted molar refractivity (Wildman–Crippen MR) is 111 cm³/mol. The molecule has 0 aromatic carbocycles. The van der Waals surface area contributed by atoms with Gasteiger partial charge in [0.2, 0.25) is 5.95 Å². The Hall–Kier alpha value is -2.09. The first-order valence-corrected chi connectivity index (χ1v) is 10.2. The van der Waals surface area contributed by atoms with Crippen LogP contribution < -0.4 is 9.80 Å². The number of fused-ring (bicyclic) bond motifs is 1. The second-order valence-electron chi connectivity index (χ2n) is 7.98. The average molecular weight is 392 g/mol. The molecule has 1 aliphatic rings. The number of amides is 1. The molecule has 2 aromatic rings. The summed E-state index contributed by atoms with van der Waals surface area (Å²) in [6, 6.07) is 2.20. The topological polar surface area (TPSA) is 61.8 Å². The van der Waals surface area contributed by atoms with Crippen LogP contribution in [0.5, 0.6) is 0 Å². The van der Waals surface area contributed by atoms with Crippen LogP contribution in [0.4, 0.5) is 16.6 Å². The van der Waals surface area contributed by atoms with Crippen molar-refractivity contribution < 1.29 is 9.53 Å². The number of hydrogen-bond donors (Lipinski definition) is 0. The van der Waals surface area contributed by atoms with Crippen molar-refractivity contribution in [3.63, 3.8) is 0 Å². The van der Waals surface area contributed by atoms with Crippen LogP contribution in [-0.2, 0) is 11.2 Å². The van der Waals surface area contributed by atoms with E-state index in [2.05, 4.69) is 17.9 Å². The van der Waals surface area contributed by atoms with Gasteiger partial charge in [0, 0.05) is 45.2 Å². The van der Waals surface area contributed by atoms with Gasteiger partial charge in [0.15, 0.2) is 0 Å². The molecule has 0 atom stereocenters. The van der Waals surface area contributed by atoms with Crippen LogP contribution in [0.25, 0.3) is 10.2 Å². The predicted octanol–water partition coefficient (Wildman–Crippen LogP) is 3.38. The smallest absolute Gasteiger partial charge is 0.410 e. The van der Waals surface area contributed by atoms with Crippen LogP contribution in [-0.4, -0.2) is 66.8 Å². The summed E-state index contributed by atoms with van der Waals surface area (Å²) in [5, 5.41) is 1.10. The van der Waals surface area contributed by atoms with E-state index >= 15 is 0 Å². The van der Waals surface area contributed by atoms with Crippen molar-refractivity contribution in [1.82, 2.24) is 14.9 Å². The Balaban J connectivity index is 1.82. The number of piperazine rings is 1. The third kappa shape index (κ3) is 4.43. The summed E-state index contributed by atoms with van der Waals surface area (Å²) < 4.78 is 5.49. The van der Waals surface area contributed by atoms with Gasteiger partial charge in [0.05, 0.1) is 5.39 Å². The monoisotopic (exact) mass is 391 g/mol. The van der Waals surface area contributed by atoms with Crippen molar-refractivity contribution in [2.45, 2.75) is 39.7 Å². The number of aryl methyl sites for hydroxylation is 1. The number of hydrogen-bond acceptors (Lipinski definition) is 7. The number of ether oxygens (including phenoxy) is 1. The van der Waals surface area contributed by atoms with Crippen molar-refractivity contribution in [3.05, 3.63) is 10.9 Å². The van der Waals surface area contributed by atoms with Crippen molar-refractivity contribution in [3.8, 4) is 0 Å². The minimum Gasteiger partial charge on any atom is -0.444 e. The van der Waals surface area contributed by atoms with Crippen LogP contribution in [0.2, 0.25) is 0 Å². The third-order valence-corrected chi connectivity index (χ3v) is 5.56. The van der Waals surface area contributed by atoms with Gasteiger partial charge in [0.1, 0.15) is 16.2 Å². The molecule has 27 heavy (non-hydrogen) atoms. The molecule has 8 heteroatoms. The van der Waals surface area contributed by atoms with E-state index in [0.29, 0.717) is 13.1 Å². The lowest BCUT2D eigenvalue weighted by Gasteiger charge is -2.36. The van der Waals surface area contributed by atoms with Gasteiger partial charge in [-0.25, -0.2) is 9.78 Å². The molecule has 2 aromatic heterocycles. The highest BCUT2D eigenvalue weighted by atomic mass is 32.1. The summed E-state index contributed by atoms with van der Waals surface area (Å²) in [5.74, 6) is 1.68. The van der Waals surface area contributed by atoms with Crippen LogP contribution in [0.3, 0.4) is 0 Å². The number of anilines is 2. The molecule has 3 rings (SSSR count). The van der Waals surface area contributed by atoms with Gasteiger partial charge in [-0.15, -0.1) is 11.3 Å². The molecule has 0 bridgehead atoms. The van der Waals surface area contributed by atoms with E-state index in [9.17, 15) is 4.79 Å². The average Bonchev–Trinajstić information content (AvgIpc) is 3.02. The fourth-order valence-corrected chi connectivity index (χ4v) is 3.94. The molecule has 1 saturated heterocycles. The van der Waals surface area contributed by atoms with Gasteiger partial charge in [-0.1, -0.05) is 6.92 Å². The third-order valence-electron chi connectivity index (χ3n) is 4.39. The lowest BCUT2D eigenvalue weighted by atomic mass is 10.2. The summed E-state index contributed by atoms with van der Waals surface area (Å²) in [5.41, 5.74) is -0.471. The molecule has 3 heterocycles. The lowest BCUT2D eigenvalue weighted by Crippen LogP contribution is -2.50. The van der Waals surface area contributed by atoms with Crippen LogP contribution in [0.15, 0.2) is 6.07 Å². The molecule has 7 nitrogen and oxygen atoms in total. The Kier molecular flexibility index (Phi) is 5.46. The van der Waals surface area contributed by atoms with Gasteiger partial charge >= 0.3 is 6.09 Å². The Labute approximate surface area is 164 Å². The molecule has 1 aliphatic heterocycles. The Morgan fingerprint density at radius 3 is 2.44 bits per heavy atom. The van der Waals surface area contributed by atoms with E-state index in [1.807, 2.05) is 39.8 Å². The zero-order chi connectivity index (χ0) is 19.8. The molecule has 1 amide bonds. The molecular formula is C19H29N5O2S. The highest BCUT2D eigenvalue weighted by Gasteiger charge is 2.27. The first kappa shape index (κ1) is 19.7. The van der Waals surface area contributed by atoms with Gasteiger partial charge in [-0.3, -0.25) is 0 Å². The van der Waals surface area contributed by atoms with Gasteiger partial charge < -0.3 is 19.4 Å². The number of carbonyl (C=O) groups excluding carboxylic acids is 1. The largest absolute Gasteiger partial charge is 0.444 e. The van der Waals surface area contributed by atoms with E-state index in [-0.39, 0.29) is 6.09 Å². The number of rotatable bonds is 3. The zero-order valence-corrected chi connectivity index (χ0v) is 17.9. The first-order chi connectivity index (χ1) is 12.7. The molecule has 1 fully saturated rings. The normalized spacial score (nSPS) is 15.3. The number of aromatic nitrogens is 2. The first-order valence-electron chi connectivity index (χ1n) is 9.38. The van der Waals surface area contributed by atoms with E-state index in [4.69, 9.17) is 14.7 Å². The summed E-state index contributed by atoms with van der Waals surface area (Å²) in [6.45, 7) is 10.6. The quantitative estimate of drug-likeness (QED) is 0.799. The summed E-state index contributed by atoms with van der Waals surface area (Å²) in [4.78, 5) is 30.1. The van der Waals surface area contributed by atoms with E-state index in [0.717, 1.165) is 41.5 Å². The van der Waals surface area contributed by atoms with Crippen LogP contribution in [0, 0.1) is 0 Å². The standard InChI is InChI=1S/C19H29N5O2S/c1-7-13-12-14-15(20-17(22(5)6)21-16(14)27-13)23-8-10-24(11-9-23)18(25)26-19(2,3)4/h12H,7-11H2,1-6H3. The molecule has 0 N–H and O–H groups in total. The van der Waals surface area contributed by atoms with Crippen molar-refractivity contribution >= 4 is 39.4 Å². The van der Waals surface area contributed by atoms with Crippen molar-refractivity contribution in [2.24, 2.45) is 0 Å². The molecule has 0 saturated carbocycles. The minimum absolute atomic E-state index is 0.243. The summed E-state index contributed by atoms with van der Waals surface area (Å²) in [7, 11) is 3.92. The van der Waals surface area contributed by atoms with Crippen LogP contribution >= 0.6 is 11.3 Å². The second-order valence-corrected chi connectivity index (χ2v) is 9.10. The molecule has 0 unspecified atom stereocenters. The van der Waals surface area contributed by atoms with Gasteiger partial charge in [-0.05, 0) is 33.3 Å². The maximum Gasteiger partial charge on any atom is 0.410 e. The summed E-state index contributed by atoms with van der Waals surface area (Å²) >= 11 is 1.73. The number of thiophene rings is 1. The SMILES string of the molecule is CCc1cc2c(N3CCN(C(=O)OC(C)(C)C)CC3)nc(N(C)C)nc2s1. The van der Waals surface area contributed by atoms with E-state index < -0.39 is 5.60 Å². The fraction of sp³-hybridized carbons (Fsp3) is 0.632. The van der Waals surface area contributed by atoms with Crippen LogP contribution in [0.1, 0.15) is 32.6 Å². The van der Waals surface area contributed by atoms with E-state index in [1.165, 1.54) is 4.88 Å². The second kappa shape index (κ2) is 7.50. The highest BCUT2D eigenvalue weighted by molar-refractivity contribution is 7.18. The van der Waals surface area contributed by atoms with E-state index in [1.54, 1.807) is 16.2 Å². The minimum atomic E-state index is -0.471. The van der Waals surface area contributed by atoms with Crippen molar-refractivity contribution in [2.75, 3.05) is 50.1 Å². The number of carbonyl (C=O) groups is 1. The molecule has 148 valence electrons. The zero-order valence-electron chi connectivity index (χ0n) is 17.1.